The monoisotopic (exact) mass is 867 g/mol. The number of aryl methyl sites for hydroxylation is 2. The number of nitrogens with zero attached hydrogens (tertiary/aromatic N) is 2. The first kappa shape index (κ1) is 58.0. The summed E-state index contributed by atoms with van der Waals surface area (Å²) >= 11 is 0. The Labute approximate surface area is 385 Å². The molecule has 1 heterocycles. The third kappa shape index (κ3) is 26.5. The van der Waals surface area contributed by atoms with Gasteiger partial charge < -0.3 is 19.4 Å². The van der Waals surface area contributed by atoms with Crippen molar-refractivity contribution in [1.29, 1.82) is 0 Å². The molecule has 0 unspecified atom stereocenters. The van der Waals surface area contributed by atoms with E-state index in [-0.39, 0.29) is 16.5 Å². The molecule has 0 aromatic heterocycles. The fourth-order valence-electron chi connectivity index (χ4n) is 8.18. The van der Waals surface area contributed by atoms with Gasteiger partial charge in [0.2, 0.25) is 11.4 Å². The van der Waals surface area contributed by atoms with Crippen molar-refractivity contribution in [2.24, 2.45) is 0 Å². The first-order valence-electron chi connectivity index (χ1n) is 25.6. The second kappa shape index (κ2) is 41.0. The maximum atomic E-state index is 11.6. The van der Waals surface area contributed by atoms with Crippen molar-refractivity contribution in [3.63, 3.8) is 0 Å². The van der Waals surface area contributed by atoms with Gasteiger partial charge in [-0.05, 0) is 80.8 Å². The van der Waals surface area contributed by atoms with E-state index < -0.39 is 0 Å². The number of rotatable bonds is 33. The maximum Gasteiger partial charge on any atom is 2.00 e. The molecule has 0 aliphatic carbocycles. The zero-order valence-corrected chi connectivity index (χ0v) is 41.6. The Balaban J connectivity index is 0.00000114. The molecule has 344 valence electrons. The molecule has 0 bridgehead atoms. The Kier molecular flexibility index (Phi) is 39.7. The van der Waals surface area contributed by atoms with E-state index in [9.17, 15) is 5.53 Å². The quantitative estimate of drug-likeness (QED) is 0.0296. The molecule has 2 nitrogen and oxygen atoms in total. The summed E-state index contributed by atoms with van der Waals surface area (Å²) in [6.07, 6.45) is 43.5. The average molecular weight is 868 g/mol. The fourth-order valence-corrected chi connectivity index (χ4v) is 8.18. The van der Waals surface area contributed by atoms with Gasteiger partial charge in [-0.1, -0.05) is 219 Å². The Morgan fingerprint density at radius 2 is 0.817 bits per heavy atom. The van der Waals surface area contributed by atoms with Gasteiger partial charge in [-0.15, -0.1) is 0 Å². The number of unbranched alkanes of at least 4 members (excludes halogenated alkanes) is 25. The van der Waals surface area contributed by atoms with E-state index >= 15 is 0 Å². The molecule has 0 N–H and O–H groups in total. The summed E-state index contributed by atoms with van der Waals surface area (Å²) in [5, 5.41) is 0. The molecule has 3 heteroatoms. The number of benzene rings is 2. The molecular formula is C57H96N2Ni. The van der Waals surface area contributed by atoms with Crippen molar-refractivity contribution in [3.05, 3.63) is 101 Å². The first-order valence-corrected chi connectivity index (χ1v) is 25.6. The Bertz CT molecular complexity index is 1310. The van der Waals surface area contributed by atoms with Gasteiger partial charge in [-0.2, -0.15) is 12.8 Å². The molecule has 0 saturated carbocycles. The summed E-state index contributed by atoms with van der Waals surface area (Å²) in [5.74, 6) is 0. The molecule has 3 rings (SSSR count). The third-order valence-electron chi connectivity index (χ3n) is 12.1. The minimum absolute atomic E-state index is 0. The van der Waals surface area contributed by atoms with Crippen LogP contribution in [0.5, 0.6) is 0 Å². The van der Waals surface area contributed by atoms with E-state index in [0.717, 1.165) is 54.6 Å². The van der Waals surface area contributed by atoms with E-state index in [1.807, 2.05) is 0 Å². The van der Waals surface area contributed by atoms with Crippen molar-refractivity contribution in [2.75, 3.05) is 0 Å². The second-order valence-corrected chi connectivity index (χ2v) is 17.6. The van der Waals surface area contributed by atoms with Crippen molar-refractivity contribution in [3.8, 4) is 0 Å². The molecule has 1 aliphatic rings. The zero-order valence-electron chi connectivity index (χ0n) is 40.6. The van der Waals surface area contributed by atoms with Crippen LogP contribution in [0, 0.1) is 13.8 Å². The summed E-state index contributed by atoms with van der Waals surface area (Å²) in [6.45, 7) is 21.2. The van der Waals surface area contributed by atoms with Crippen molar-refractivity contribution in [2.45, 2.75) is 253 Å². The van der Waals surface area contributed by atoms with Crippen LogP contribution < -0.4 is 0 Å². The fraction of sp³-hybridized carbons (Fsp3) is 0.684. The molecule has 0 radical (unpaired) electrons. The predicted molar refractivity (Wildman–Crippen MR) is 266 cm³/mol. The van der Waals surface area contributed by atoms with E-state index in [0.29, 0.717) is 0 Å². The summed E-state index contributed by atoms with van der Waals surface area (Å²) in [7, 11) is 0. The van der Waals surface area contributed by atoms with Gasteiger partial charge in [-0.25, -0.2) is 4.70 Å². The SMILES string of the molecule is CCCCCCCCC1=C(c2ccc(CCCC)cc2)[N+](=[N-])C(c2cccc(CCCC)c2)=C1C.[CH2-]CCCCCCCCCCC.[CH2-]CCCCCCCCCCC.[Ni+2]. The Morgan fingerprint density at radius 1 is 0.417 bits per heavy atom. The van der Waals surface area contributed by atoms with Crippen molar-refractivity contribution in [1.82, 2.24) is 0 Å². The van der Waals surface area contributed by atoms with Crippen LogP contribution in [-0.2, 0) is 29.3 Å². The van der Waals surface area contributed by atoms with Crippen LogP contribution in [-0.4, -0.2) is 4.70 Å². The smallest absolute Gasteiger partial charge is 0.493 e. The zero-order chi connectivity index (χ0) is 43.2. The van der Waals surface area contributed by atoms with Crippen LogP contribution in [0.2, 0.25) is 0 Å². The predicted octanol–water partition coefficient (Wildman–Crippen LogP) is 19.8. The van der Waals surface area contributed by atoms with Crippen LogP contribution in [0.3, 0.4) is 0 Å². The van der Waals surface area contributed by atoms with E-state index in [4.69, 9.17) is 0 Å². The maximum absolute atomic E-state index is 11.6. The van der Waals surface area contributed by atoms with Crippen LogP contribution in [0.15, 0.2) is 59.7 Å². The van der Waals surface area contributed by atoms with Gasteiger partial charge in [0.05, 0.1) is 0 Å². The van der Waals surface area contributed by atoms with Crippen molar-refractivity contribution >= 4 is 11.4 Å². The Morgan fingerprint density at radius 3 is 1.25 bits per heavy atom. The van der Waals surface area contributed by atoms with E-state index in [1.165, 1.54) is 207 Å². The van der Waals surface area contributed by atoms with Crippen LogP contribution in [0.1, 0.15) is 263 Å². The molecule has 2 aromatic rings. The topological polar surface area (TPSA) is 25.3 Å². The molecule has 0 atom stereocenters. The van der Waals surface area contributed by atoms with Gasteiger partial charge in [0.25, 0.3) is 0 Å². The standard InChI is InChI=1S/C33H46N2.2C12H25.Ni/c1-5-8-11-12-13-14-20-31-26(4)32(30-19-15-18-28(25-30)17-10-7-3)35(34)33(31)29-23-21-27(22-24-29)16-9-6-2;2*1-3-5-7-9-11-12-10-8-6-4-2;/h15,18-19,21-25H,5-14,16-17,20H2,1-4H3;2*1,3-12H2,2H3;/q;2*-1;+2. The molecule has 0 saturated heterocycles. The van der Waals surface area contributed by atoms with Gasteiger partial charge in [0.15, 0.2) is 0 Å². The minimum Gasteiger partial charge on any atom is -0.493 e. The van der Waals surface area contributed by atoms with Crippen LogP contribution >= 0.6 is 0 Å². The molecular weight excluding hydrogens is 771 g/mol. The molecule has 2 aromatic carbocycles. The largest absolute Gasteiger partial charge is 2.00 e. The second-order valence-electron chi connectivity index (χ2n) is 17.6. The third-order valence-corrected chi connectivity index (χ3v) is 12.1. The normalized spacial score (nSPS) is 12.3. The molecule has 0 fully saturated rings. The number of hydrogen-bond acceptors (Lipinski definition) is 0. The number of allylic oxidation sites excluding steroid dienone is 2. The van der Waals surface area contributed by atoms with Gasteiger partial charge >= 0.3 is 16.5 Å². The first-order chi connectivity index (χ1) is 28.9. The van der Waals surface area contributed by atoms with Gasteiger partial charge in [-0.3, -0.25) is 0 Å². The van der Waals surface area contributed by atoms with Crippen molar-refractivity contribution < 1.29 is 21.2 Å². The molecule has 0 amide bonds. The Hall–Kier alpha value is -1.99. The van der Waals surface area contributed by atoms with E-state index in [1.54, 1.807) is 0 Å². The van der Waals surface area contributed by atoms with Crippen LogP contribution in [0.25, 0.3) is 16.9 Å². The minimum atomic E-state index is 0. The van der Waals surface area contributed by atoms with E-state index in [2.05, 4.69) is 104 Å². The molecule has 0 spiro atoms. The summed E-state index contributed by atoms with van der Waals surface area (Å²) in [6, 6.07) is 17.7. The summed E-state index contributed by atoms with van der Waals surface area (Å²) in [5.41, 5.74) is 21.0. The van der Waals surface area contributed by atoms with Gasteiger partial charge in [0, 0.05) is 22.3 Å². The van der Waals surface area contributed by atoms with Crippen LogP contribution in [0.4, 0.5) is 0 Å². The number of hydrogen-bond donors (Lipinski definition) is 0. The summed E-state index contributed by atoms with van der Waals surface area (Å²) < 4.78 is 1.49. The summed E-state index contributed by atoms with van der Waals surface area (Å²) in [4.78, 5) is 0. The average Bonchev–Trinajstić information content (AvgIpc) is 3.51. The molecule has 1 aliphatic heterocycles. The molecule has 60 heavy (non-hydrogen) atoms. The van der Waals surface area contributed by atoms with Gasteiger partial charge in [0.1, 0.15) is 0 Å².